The third kappa shape index (κ3) is 3.63. The molecule has 0 saturated heterocycles. The number of ether oxygens (including phenoxy) is 1. The van der Waals surface area contributed by atoms with E-state index in [4.69, 9.17) is 16.3 Å². The highest BCUT2D eigenvalue weighted by atomic mass is 35.5. The van der Waals surface area contributed by atoms with E-state index >= 15 is 0 Å². The van der Waals surface area contributed by atoms with Crippen molar-refractivity contribution in [3.63, 3.8) is 0 Å². The van der Waals surface area contributed by atoms with Crippen molar-refractivity contribution >= 4 is 17.3 Å². The maximum Gasteiger partial charge on any atom is 0.118 e. The van der Waals surface area contributed by atoms with Gasteiger partial charge >= 0.3 is 0 Å². The van der Waals surface area contributed by atoms with Crippen LogP contribution in [0.1, 0.15) is 11.7 Å². The van der Waals surface area contributed by atoms with E-state index in [0.717, 1.165) is 17.0 Å². The summed E-state index contributed by atoms with van der Waals surface area (Å²) in [5.41, 5.74) is 1.65. The van der Waals surface area contributed by atoms with Crippen LogP contribution < -0.4 is 10.1 Å². The van der Waals surface area contributed by atoms with E-state index in [1.54, 1.807) is 7.11 Å². The predicted molar refractivity (Wildman–Crippen MR) is 77.9 cm³/mol. The molecule has 2 rings (SSSR count). The minimum atomic E-state index is -0.595. The normalized spacial score (nSPS) is 11.9. The van der Waals surface area contributed by atoms with Gasteiger partial charge in [-0.1, -0.05) is 35.9 Å². The molecule has 1 unspecified atom stereocenters. The Morgan fingerprint density at radius 2 is 1.84 bits per heavy atom. The number of rotatable bonds is 5. The molecule has 3 nitrogen and oxygen atoms in total. The fraction of sp³-hybridized carbons (Fsp3) is 0.200. The lowest BCUT2D eigenvalue weighted by atomic mass is 10.1. The standard InChI is InChI=1S/C15H16ClNO2/c1-19-12-8-6-11(7-9-12)15(18)10-17-14-5-3-2-4-13(14)16/h2-9,15,17-18H,10H2,1H3. The monoisotopic (exact) mass is 277 g/mol. The molecule has 2 aromatic carbocycles. The van der Waals surface area contributed by atoms with Crippen LogP contribution in [0.5, 0.6) is 5.75 Å². The number of anilines is 1. The van der Waals surface area contributed by atoms with Crippen LogP contribution in [0.4, 0.5) is 5.69 Å². The SMILES string of the molecule is COc1ccc(C(O)CNc2ccccc2Cl)cc1. The highest BCUT2D eigenvalue weighted by Crippen LogP contribution is 2.22. The van der Waals surface area contributed by atoms with Gasteiger partial charge in [0.1, 0.15) is 5.75 Å². The lowest BCUT2D eigenvalue weighted by molar-refractivity contribution is 0.191. The first-order valence-corrected chi connectivity index (χ1v) is 6.39. The van der Waals surface area contributed by atoms with Gasteiger partial charge in [0.05, 0.1) is 23.9 Å². The molecule has 0 radical (unpaired) electrons. The molecular weight excluding hydrogens is 262 g/mol. The highest BCUT2D eigenvalue weighted by molar-refractivity contribution is 6.33. The molecule has 0 aliphatic heterocycles. The number of hydrogen-bond acceptors (Lipinski definition) is 3. The topological polar surface area (TPSA) is 41.5 Å². The molecule has 0 fully saturated rings. The zero-order chi connectivity index (χ0) is 13.7. The Morgan fingerprint density at radius 1 is 1.16 bits per heavy atom. The first-order valence-electron chi connectivity index (χ1n) is 6.01. The van der Waals surface area contributed by atoms with Crippen LogP contribution in [0.2, 0.25) is 5.02 Å². The first-order chi connectivity index (χ1) is 9.20. The Bertz CT molecular complexity index is 528. The molecule has 0 amide bonds. The van der Waals surface area contributed by atoms with Gasteiger partial charge in [-0.15, -0.1) is 0 Å². The number of benzene rings is 2. The second-order valence-electron chi connectivity index (χ2n) is 4.15. The van der Waals surface area contributed by atoms with Crippen LogP contribution in [0.25, 0.3) is 0 Å². The summed E-state index contributed by atoms with van der Waals surface area (Å²) in [7, 11) is 1.62. The Balaban J connectivity index is 1.97. The lowest BCUT2D eigenvalue weighted by Crippen LogP contribution is -2.12. The van der Waals surface area contributed by atoms with Crippen LogP contribution in [0, 0.1) is 0 Å². The summed E-state index contributed by atoms with van der Waals surface area (Å²) in [6.07, 6.45) is -0.595. The van der Waals surface area contributed by atoms with E-state index in [9.17, 15) is 5.11 Å². The Kier molecular flexibility index (Phi) is 4.66. The van der Waals surface area contributed by atoms with E-state index in [2.05, 4.69) is 5.32 Å². The van der Waals surface area contributed by atoms with Gasteiger partial charge in [-0.05, 0) is 29.8 Å². The molecule has 0 heterocycles. The lowest BCUT2D eigenvalue weighted by Gasteiger charge is -2.14. The van der Waals surface area contributed by atoms with Crippen molar-refractivity contribution in [3.05, 3.63) is 59.1 Å². The van der Waals surface area contributed by atoms with E-state index in [1.807, 2.05) is 48.5 Å². The molecule has 100 valence electrons. The fourth-order valence-electron chi connectivity index (χ4n) is 1.76. The van der Waals surface area contributed by atoms with Crippen molar-refractivity contribution < 1.29 is 9.84 Å². The molecule has 2 N–H and O–H groups in total. The second-order valence-corrected chi connectivity index (χ2v) is 4.56. The van der Waals surface area contributed by atoms with Gasteiger partial charge in [-0.2, -0.15) is 0 Å². The van der Waals surface area contributed by atoms with E-state index in [-0.39, 0.29) is 0 Å². The number of halogens is 1. The molecule has 1 atom stereocenters. The smallest absolute Gasteiger partial charge is 0.118 e. The van der Waals surface area contributed by atoms with Crippen LogP contribution in [0.15, 0.2) is 48.5 Å². The average Bonchev–Trinajstić information content (AvgIpc) is 2.46. The van der Waals surface area contributed by atoms with Crippen LogP contribution in [0.3, 0.4) is 0 Å². The van der Waals surface area contributed by atoms with Gasteiger partial charge in [0.25, 0.3) is 0 Å². The zero-order valence-electron chi connectivity index (χ0n) is 10.6. The summed E-state index contributed by atoms with van der Waals surface area (Å²) in [6.45, 7) is 0.399. The van der Waals surface area contributed by atoms with Gasteiger partial charge in [0, 0.05) is 6.54 Å². The van der Waals surface area contributed by atoms with E-state index < -0.39 is 6.10 Å². The van der Waals surface area contributed by atoms with Crippen molar-refractivity contribution in [1.82, 2.24) is 0 Å². The second kappa shape index (κ2) is 6.45. The van der Waals surface area contributed by atoms with Crippen molar-refractivity contribution in [2.45, 2.75) is 6.10 Å². The van der Waals surface area contributed by atoms with Gasteiger partial charge in [0.2, 0.25) is 0 Å². The molecule has 0 aromatic heterocycles. The minimum Gasteiger partial charge on any atom is -0.497 e. The highest BCUT2D eigenvalue weighted by Gasteiger charge is 2.08. The van der Waals surface area contributed by atoms with Crippen LogP contribution >= 0.6 is 11.6 Å². The number of methoxy groups -OCH3 is 1. The van der Waals surface area contributed by atoms with E-state index in [0.29, 0.717) is 11.6 Å². The summed E-state index contributed by atoms with van der Waals surface area (Å²) in [6, 6.07) is 14.8. The molecule has 0 bridgehead atoms. The Morgan fingerprint density at radius 3 is 2.47 bits per heavy atom. The van der Waals surface area contributed by atoms with Crippen LogP contribution in [-0.2, 0) is 0 Å². The van der Waals surface area contributed by atoms with Crippen molar-refractivity contribution in [3.8, 4) is 5.75 Å². The molecule has 0 aliphatic carbocycles. The maximum atomic E-state index is 10.1. The summed E-state index contributed by atoms with van der Waals surface area (Å²) >= 11 is 6.03. The molecular formula is C15H16ClNO2. The van der Waals surface area contributed by atoms with Gasteiger partial charge in [0.15, 0.2) is 0 Å². The van der Waals surface area contributed by atoms with Crippen molar-refractivity contribution in [2.75, 3.05) is 19.0 Å². The molecule has 0 saturated carbocycles. The summed E-state index contributed by atoms with van der Waals surface area (Å²) < 4.78 is 5.08. The molecule has 4 heteroatoms. The number of para-hydroxylation sites is 1. The molecule has 19 heavy (non-hydrogen) atoms. The van der Waals surface area contributed by atoms with Gasteiger partial charge in [-0.3, -0.25) is 0 Å². The number of aliphatic hydroxyl groups excluding tert-OH is 1. The number of nitrogens with one attached hydrogen (secondary N) is 1. The van der Waals surface area contributed by atoms with Crippen molar-refractivity contribution in [2.24, 2.45) is 0 Å². The average molecular weight is 278 g/mol. The first kappa shape index (κ1) is 13.7. The quantitative estimate of drug-likeness (QED) is 0.879. The van der Waals surface area contributed by atoms with Crippen LogP contribution in [-0.4, -0.2) is 18.8 Å². The summed E-state index contributed by atoms with van der Waals surface area (Å²) in [4.78, 5) is 0. The minimum absolute atomic E-state index is 0.399. The molecule has 0 spiro atoms. The summed E-state index contributed by atoms with van der Waals surface area (Å²) in [5.74, 6) is 0.773. The Labute approximate surface area is 117 Å². The third-order valence-electron chi connectivity index (χ3n) is 2.86. The molecule has 0 aliphatic rings. The molecule has 2 aromatic rings. The largest absolute Gasteiger partial charge is 0.497 e. The maximum absolute atomic E-state index is 10.1. The van der Waals surface area contributed by atoms with Crippen molar-refractivity contribution in [1.29, 1.82) is 0 Å². The predicted octanol–water partition coefficient (Wildman–Crippen LogP) is 3.49. The van der Waals surface area contributed by atoms with Gasteiger partial charge in [-0.25, -0.2) is 0 Å². The van der Waals surface area contributed by atoms with E-state index in [1.165, 1.54) is 0 Å². The third-order valence-corrected chi connectivity index (χ3v) is 3.19. The Hall–Kier alpha value is -1.71. The fourth-order valence-corrected chi connectivity index (χ4v) is 1.96. The number of aliphatic hydroxyl groups is 1. The number of hydrogen-bond donors (Lipinski definition) is 2. The summed E-state index contributed by atoms with van der Waals surface area (Å²) in [5, 5.41) is 13.9. The van der Waals surface area contributed by atoms with Gasteiger partial charge < -0.3 is 15.2 Å². The zero-order valence-corrected chi connectivity index (χ0v) is 11.4.